The SMILES string of the molecule is CCCn1ccnc1CC(O)c1ccnc(C)n1. The van der Waals surface area contributed by atoms with Crippen molar-refractivity contribution in [3.63, 3.8) is 0 Å². The average molecular weight is 246 g/mol. The van der Waals surface area contributed by atoms with Crippen LogP contribution in [0.25, 0.3) is 0 Å². The van der Waals surface area contributed by atoms with Gasteiger partial charge in [0.2, 0.25) is 0 Å². The molecular weight excluding hydrogens is 228 g/mol. The summed E-state index contributed by atoms with van der Waals surface area (Å²) in [5.74, 6) is 1.56. The quantitative estimate of drug-likeness (QED) is 0.871. The van der Waals surface area contributed by atoms with Crippen LogP contribution in [0.3, 0.4) is 0 Å². The smallest absolute Gasteiger partial charge is 0.125 e. The third kappa shape index (κ3) is 2.92. The molecule has 0 saturated heterocycles. The highest BCUT2D eigenvalue weighted by atomic mass is 16.3. The summed E-state index contributed by atoms with van der Waals surface area (Å²) in [6.07, 6.45) is 6.26. The molecule has 0 radical (unpaired) electrons. The van der Waals surface area contributed by atoms with Gasteiger partial charge in [0.25, 0.3) is 0 Å². The molecule has 0 aliphatic carbocycles. The van der Waals surface area contributed by atoms with Crippen molar-refractivity contribution in [2.24, 2.45) is 0 Å². The maximum Gasteiger partial charge on any atom is 0.125 e. The molecule has 0 aliphatic rings. The van der Waals surface area contributed by atoms with E-state index in [0.717, 1.165) is 18.8 Å². The summed E-state index contributed by atoms with van der Waals surface area (Å²) in [6.45, 7) is 4.85. The van der Waals surface area contributed by atoms with Crippen LogP contribution in [0.2, 0.25) is 0 Å². The second kappa shape index (κ2) is 5.73. The van der Waals surface area contributed by atoms with Crippen LogP contribution in [0.4, 0.5) is 0 Å². The van der Waals surface area contributed by atoms with Crippen molar-refractivity contribution in [1.82, 2.24) is 19.5 Å². The summed E-state index contributed by atoms with van der Waals surface area (Å²) in [6, 6.07) is 1.74. The van der Waals surface area contributed by atoms with Gasteiger partial charge in [-0.15, -0.1) is 0 Å². The van der Waals surface area contributed by atoms with Crippen molar-refractivity contribution >= 4 is 0 Å². The molecule has 0 amide bonds. The van der Waals surface area contributed by atoms with Crippen LogP contribution in [0.5, 0.6) is 0 Å². The van der Waals surface area contributed by atoms with Gasteiger partial charge in [0.15, 0.2) is 0 Å². The van der Waals surface area contributed by atoms with Crippen molar-refractivity contribution in [2.45, 2.75) is 39.3 Å². The van der Waals surface area contributed by atoms with Crippen LogP contribution in [0.15, 0.2) is 24.7 Å². The Bertz CT molecular complexity index is 509. The minimum Gasteiger partial charge on any atom is -0.386 e. The highest BCUT2D eigenvalue weighted by molar-refractivity contribution is 5.08. The Morgan fingerprint density at radius 1 is 1.33 bits per heavy atom. The van der Waals surface area contributed by atoms with Crippen molar-refractivity contribution in [2.75, 3.05) is 0 Å². The first kappa shape index (κ1) is 12.7. The zero-order valence-electron chi connectivity index (χ0n) is 10.7. The van der Waals surface area contributed by atoms with Gasteiger partial charge in [0.05, 0.1) is 5.69 Å². The molecule has 5 heteroatoms. The summed E-state index contributed by atoms with van der Waals surface area (Å²) in [5.41, 5.74) is 0.647. The van der Waals surface area contributed by atoms with Crippen LogP contribution >= 0.6 is 0 Å². The number of imidazole rings is 1. The number of aromatic nitrogens is 4. The van der Waals surface area contributed by atoms with Gasteiger partial charge in [0.1, 0.15) is 17.8 Å². The molecule has 0 saturated carbocycles. The summed E-state index contributed by atoms with van der Waals surface area (Å²) in [7, 11) is 0. The Kier molecular flexibility index (Phi) is 4.04. The Morgan fingerprint density at radius 3 is 2.89 bits per heavy atom. The first-order valence-electron chi connectivity index (χ1n) is 6.18. The van der Waals surface area contributed by atoms with Crippen LogP contribution in [0, 0.1) is 6.92 Å². The number of nitrogens with zero attached hydrogens (tertiary/aromatic N) is 4. The lowest BCUT2D eigenvalue weighted by Gasteiger charge is -2.11. The first-order chi connectivity index (χ1) is 8.70. The molecule has 2 aromatic rings. The third-order valence-corrected chi connectivity index (χ3v) is 2.78. The average Bonchev–Trinajstić information content (AvgIpc) is 2.77. The molecule has 2 rings (SSSR count). The van der Waals surface area contributed by atoms with Gasteiger partial charge in [-0.25, -0.2) is 15.0 Å². The normalized spacial score (nSPS) is 12.6. The molecule has 0 aliphatic heterocycles. The fraction of sp³-hybridized carbons (Fsp3) is 0.462. The zero-order chi connectivity index (χ0) is 13.0. The lowest BCUT2D eigenvalue weighted by atomic mass is 10.1. The van der Waals surface area contributed by atoms with E-state index in [1.807, 2.05) is 13.1 Å². The van der Waals surface area contributed by atoms with E-state index in [0.29, 0.717) is 17.9 Å². The fourth-order valence-electron chi connectivity index (χ4n) is 1.91. The van der Waals surface area contributed by atoms with Gasteiger partial charge >= 0.3 is 0 Å². The maximum atomic E-state index is 10.2. The van der Waals surface area contributed by atoms with E-state index in [1.165, 1.54) is 0 Å². The summed E-state index contributed by atoms with van der Waals surface area (Å²) in [4.78, 5) is 12.5. The van der Waals surface area contributed by atoms with E-state index >= 15 is 0 Å². The molecule has 2 heterocycles. The molecule has 0 bridgehead atoms. The summed E-state index contributed by atoms with van der Waals surface area (Å²) >= 11 is 0. The molecule has 96 valence electrons. The van der Waals surface area contributed by atoms with Gasteiger partial charge in [-0.2, -0.15) is 0 Å². The highest BCUT2D eigenvalue weighted by Crippen LogP contribution is 2.15. The minimum absolute atomic E-state index is 0.476. The molecule has 0 spiro atoms. The monoisotopic (exact) mass is 246 g/mol. The van der Waals surface area contributed by atoms with Crippen LogP contribution in [-0.4, -0.2) is 24.6 Å². The molecular formula is C13H18N4O. The molecule has 0 aromatic carbocycles. The van der Waals surface area contributed by atoms with E-state index in [9.17, 15) is 5.11 Å². The van der Waals surface area contributed by atoms with Crippen LogP contribution < -0.4 is 0 Å². The summed E-state index contributed by atoms with van der Waals surface area (Å²) in [5, 5.41) is 10.2. The van der Waals surface area contributed by atoms with Gasteiger partial charge in [-0.3, -0.25) is 0 Å². The number of rotatable bonds is 5. The Balaban J connectivity index is 2.11. The van der Waals surface area contributed by atoms with Crippen LogP contribution in [0.1, 0.15) is 36.8 Å². The second-order valence-corrected chi connectivity index (χ2v) is 4.29. The zero-order valence-corrected chi connectivity index (χ0v) is 10.7. The Morgan fingerprint density at radius 2 is 2.17 bits per heavy atom. The predicted molar refractivity (Wildman–Crippen MR) is 68.0 cm³/mol. The number of aliphatic hydroxyl groups excluding tert-OH is 1. The number of aryl methyl sites for hydroxylation is 2. The fourth-order valence-corrected chi connectivity index (χ4v) is 1.91. The molecule has 0 fully saturated rings. The van der Waals surface area contributed by atoms with Gasteiger partial charge in [-0.1, -0.05) is 6.92 Å². The molecule has 2 aromatic heterocycles. The van der Waals surface area contributed by atoms with E-state index < -0.39 is 6.10 Å². The third-order valence-electron chi connectivity index (χ3n) is 2.78. The van der Waals surface area contributed by atoms with Gasteiger partial charge in [0, 0.05) is 31.6 Å². The molecule has 1 atom stereocenters. The second-order valence-electron chi connectivity index (χ2n) is 4.29. The number of aliphatic hydroxyl groups is 1. The van der Waals surface area contributed by atoms with Crippen molar-refractivity contribution in [3.05, 3.63) is 42.0 Å². The standard InChI is InChI=1S/C13H18N4O/c1-3-7-17-8-6-15-13(17)9-12(18)11-4-5-14-10(2)16-11/h4-6,8,12,18H,3,7,9H2,1-2H3. The predicted octanol–water partition coefficient (Wildman–Crippen LogP) is 1.67. The lowest BCUT2D eigenvalue weighted by molar-refractivity contribution is 0.169. The molecule has 5 nitrogen and oxygen atoms in total. The molecule has 1 unspecified atom stereocenters. The maximum absolute atomic E-state index is 10.2. The topological polar surface area (TPSA) is 63.8 Å². The lowest BCUT2D eigenvalue weighted by Crippen LogP contribution is -2.10. The van der Waals surface area contributed by atoms with E-state index in [4.69, 9.17) is 0 Å². The highest BCUT2D eigenvalue weighted by Gasteiger charge is 2.13. The van der Waals surface area contributed by atoms with Crippen LogP contribution in [-0.2, 0) is 13.0 Å². The Hall–Kier alpha value is -1.75. The largest absolute Gasteiger partial charge is 0.386 e. The van der Waals surface area contributed by atoms with E-state index in [-0.39, 0.29) is 0 Å². The Labute approximate surface area is 107 Å². The van der Waals surface area contributed by atoms with Crippen molar-refractivity contribution in [1.29, 1.82) is 0 Å². The van der Waals surface area contributed by atoms with Crippen molar-refractivity contribution in [3.8, 4) is 0 Å². The van der Waals surface area contributed by atoms with Crippen molar-refractivity contribution < 1.29 is 5.11 Å². The minimum atomic E-state index is -0.635. The molecule has 1 N–H and O–H groups in total. The first-order valence-corrected chi connectivity index (χ1v) is 6.18. The number of hydrogen-bond donors (Lipinski definition) is 1. The number of hydrogen-bond acceptors (Lipinski definition) is 4. The van der Waals surface area contributed by atoms with Gasteiger partial charge < -0.3 is 9.67 Å². The van der Waals surface area contributed by atoms with E-state index in [1.54, 1.807) is 18.5 Å². The summed E-state index contributed by atoms with van der Waals surface area (Å²) < 4.78 is 2.07. The van der Waals surface area contributed by atoms with E-state index in [2.05, 4.69) is 26.4 Å². The molecule has 18 heavy (non-hydrogen) atoms. The van der Waals surface area contributed by atoms with Gasteiger partial charge in [-0.05, 0) is 19.4 Å².